The monoisotopic (exact) mass is 275 g/mol. The number of unbranched alkanes of at least 4 members (excludes halogenated alkanes) is 3. The van der Waals surface area contributed by atoms with Crippen LogP contribution in [-0.2, 0) is 9.59 Å². The molecule has 5 nitrogen and oxygen atoms in total. The van der Waals surface area contributed by atoms with E-state index in [-0.39, 0.29) is 18.4 Å². The lowest BCUT2D eigenvalue weighted by Crippen LogP contribution is -2.20. The lowest BCUT2D eigenvalue weighted by Gasteiger charge is -2.00. The van der Waals surface area contributed by atoms with Crippen LogP contribution < -0.4 is 5.32 Å². The van der Waals surface area contributed by atoms with Crippen molar-refractivity contribution < 1.29 is 19.8 Å². The summed E-state index contributed by atoms with van der Waals surface area (Å²) >= 11 is 0. The molecule has 0 saturated heterocycles. The maximum atomic E-state index is 10.3. The Morgan fingerprint density at radius 1 is 1.16 bits per heavy atom. The summed E-state index contributed by atoms with van der Waals surface area (Å²) in [4.78, 5) is 20.3. The number of carboxylic acid groups (broad SMARTS) is 1. The van der Waals surface area contributed by atoms with Crippen LogP contribution in [0.25, 0.3) is 0 Å². The first-order valence-electron chi connectivity index (χ1n) is 7.04. The first-order valence-corrected chi connectivity index (χ1v) is 7.04. The van der Waals surface area contributed by atoms with E-state index in [2.05, 4.69) is 12.2 Å². The molecule has 0 saturated carbocycles. The third kappa shape index (κ3) is 26.5. The van der Waals surface area contributed by atoms with Gasteiger partial charge < -0.3 is 15.5 Å². The largest absolute Gasteiger partial charge is 0.481 e. The predicted octanol–water partition coefficient (Wildman–Crippen LogP) is 2.32. The number of hydrogen-bond acceptors (Lipinski definition) is 3. The Balaban J connectivity index is 0. The highest BCUT2D eigenvalue weighted by Crippen LogP contribution is 2.01. The van der Waals surface area contributed by atoms with Crippen LogP contribution in [0.2, 0.25) is 0 Å². The van der Waals surface area contributed by atoms with Crippen LogP contribution in [0.4, 0.5) is 0 Å². The topological polar surface area (TPSA) is 86.6 Å². The van der Waals surface area contributed by atoms with E-state index in [0.717, 1.165) is 12.8 Å². The van der Waals surface area contributed by atoms with E-state index in [1.807, 2.05) is 6.92 Å². The first-order chi connectivity index (χ1) is 8.90. The van der Waals surface area contributed by atoms with Crippen LogP contribution in [0.1, 0.15) is 65.7 Å². The molecule has 0 aromatic carbocycles. The minimum absolute atomic E-state index is 0.0691. The Morgan fingerprint density at radius 2 is 1.79 bits per heavy atom. The molecule has 1 amide bonds. The van der Waals surface area contributed by atoms with Crippen LogP contribution in [0.15, 0.2) is 0 Å². The van der Waals surface area contributed by atoms with Gasteiger partial charge in [-0.25, -0.2) is 0 Å². The smallest absolute Gasteiger partial charge is 0.303 e. The maximum Gasteiger partial charge on any atom is 0.303 e. The Morgan fingerprint density at radius 3 is 2.21 bits per heavy atom. The van der Waals surface area contributed by atoms with E-state index in [1.54, 1.807) is 0 Å². The Bertz CT molecular complexity index is 213. The molecule has 3 N–H and O–H groups in total. The predicted molar refractivity (Wildman–Crippen MR) is 76.0 cm³/mol. The van der Waals surface area contributed by atoms with Crippen molar-refractivity contribution in [2.24, 2.45) is 0 Å². The standard InChI is InChI=1S/C7H13NO3.C7H16O/c1-6(9)8-5-3-2-4-7(10)11;1-3-4-5-6-7(2)8/h2-5H2,1H3,(H,8,9)(H,10,11);7-8H,3-6H2,1-2H3. The van der Waals surface area contributed by atoms with Gasteiger partial charge in [0.15, 0.2) is 0 Å². The molecule has 0 heterocycles. The van der Waals surface area contributed by atoms with Gasteiger partial charge in [-0.1, -0.05) is 26.2 Å². The average Bonchev–Trinajstić information content (AvgIpc) is 2.28. The highest BCUT2D eigenvalue weighted by molar-refractivity contribution is 5.72. The zero-order chi connectivity index (χ0) is 15.1. The zero-order valence-electron chi connectivity index (χ0n) is 12.4. The minimum atomic E-state index is -0.784. The van der Waals surface area contributed by atoms with E-state index < -0.39 is 5.97 Å². The third-order valence-electron chi connectivity index (χ3n) is 2.42. The molecular weight excluding hydrogens is 246 g/mol. The number of carbonyl (C=O) groups is 2. The Kier molecular flexibility index (Phi) is 15.9. The number of aliphatic hydroxyl groups excluding tert-OH is 1. The van der Waals surface area contributed by atoms with Crippen molar-refractivity contribution in [3.8, 4) is 0 Å². The van der Waals surface area contributed by atoms with Crippen molar-refractivity contribution in [1.29, 1.82) is 0 Å². The van der Waals surface area contributed by atoms with E-state index in [4.69, 9.17) is 10.2 Å². The van der Waals surface area contributed by atoms with Gasteiger partial charge in [0.05, 0.1) is 6.10 Å². The molecular formula is C14H29NO4. The van der Waals surface area contributed by atoms with Crippen molar-refractivity contribution in [2.75, 3.05) is 6.54 Å². The summed E-state index contributed by atoms with van der Waals surface area (Å²) in [5.41, 5.74) is 0. The SMILES string of the molecule is CC(=O)NCCCCC(=O)O.CCCCCC(C)O. The second-order valence-corrected chi connectivity index (χ2v) is 4.68. The zero-order valence-corrected chi connectivity index (χ0v) is 12.4. The molecule has 1 unspecified atom stereocenters. The molecule has 1 atom stereocenters. The molecule has 0 fully saturated rings. The fraction of sp³-hybridized carbons (Fsp3) is 0.857. The molecule has 0 aromatic heterocycles. The molecule has 0 radical (unpaired) electrons. The molecule has 19 heavy (non-hydrogen) atoms. The van der Waals surface area contributed by atoms with Crippen molar-refractivity contribution in [2.45, 2.75) is 71.8 Å². The number of aliphatic carboxylic acids is 1. The molecule has 0 rings (SSSR count). The fourth-order valence-corrected chi connectivity index (χ4v) is 1.36. The molecule has 5 heteroatoms. The summed E-state index contributed by atoms with van der Waals surface area (Å²) in [6, 6.07) is 0. The number of hydrogen-bond donors (Lipinski definition) is 3. The second-order valence-electron chi connectivity index (χ2n) is 4.68. The molecule has 0 bridgehead atoms. The molecule has 0 aliphatic rings. The summed E-state index contributed by atoms with van der Waals surface area (Å²) in [6.45, 7) is 6.03. The van der Waals surface area contributed by atoms with E-state index in [0.29, 0.717) is 13.0 Å². The van der Waals surface area contributed by atoms with Gasteiger partial charge in [0.1, 0.15) is 0 Å². The Hall–Kier alpha value is -1.10. The lowest BCUT2D eigenvalue weighted by molar-refractivity contribution is -0.137. The van der Waals surface area contributed by atoms with E-state index in [9.17, 15) is 9.59 Å². The summed E-state index contributed by atoms with van der Waals surface area (Å²) in [7, 11) is 0. The maximum absolute atomic E-state index is 10.3. The van der Waals surface area contributed by atoms with Gasteiger partial charge in [0.2, 0.25) is 5.91 Å². The van der Waals surface area contributed by atoms with E-state index in [1.165, 1.54) is 26.2 Å². The van der Waals surface area contributed by atoms with Gasteiger partial charge in [-0.05, 0) is 26.2 Å². The highest BCUT2D eigenvalue weighted by Gasteiger charge is 1.96. The van der Waals surface area contributed by atoms with Gasteiger partial charge >= 0.3 is 5.97 Å². The quantitative estimate of drug-likeness (QED) is 0.564. The number of nitrogens with one attached hydrogen (secondary N) is 1. The third-order valence-corrected chi connectivity index (χ3v) is 2.42. The van der Waals surface area contributed by atoms with Crippen molar-refractivity contribution in [1.82, 2.24) is 5.32 Å². The first kappa shape index (κ1) is 20.2. The van der Waals surface area contributed by atoms with Gasteiger partial charge in [-0.15, -0.1) is 0 Å². The molecule has 0 spiro atoms. The number of carboxylic acids is 1. The van der Waals surface area contributed by atoms with Gasteiger partial charge in [-0.2, -0.15) is 0 Å². The number of carbonyl (C=O) groups excluding carboxylic acids is 1. The van der Waals surface area contributed by atoms with E-state index >= 15 is 0 Å². The van der Waals surface area contributed by atoms with Gasteiger partial charge in [-0.3, -0.25) is 9.59 Å². The van der Waals surface area contributed by atoms with Crippen LogP contribution in [0.3, 0.4) is 0 Å². The minimum Gasteiger partial charge on any atom is -0.481 e. The molecule has 0 aliphatic heterocycles. The van der Waals surface area contributed by atoms with Crippen LogP contribution in [0.5, 0.6) is 0 Å². The fourth-order valence-electron chi connectivity index (χ4n) is 1.36. The van der Waals surface area contributed by atoms with Crippen LogP contribution in [-0.4, -0.2) is 34.7 Å². The number of amides is 1. The normalized spacial score (nSPS) is 11.2. The Labute approximate surface area is 116 Å². The van der Waals surface area contributed by atoms with Crippen molar-refractivity contribution in [3.05, 3.63) is 0 Å². The number of aliphatic hydroxyl groups is 1. The highest BCUT2D eigenvalue weighted by atomic mass is 16.4. The second kappa shape index (κ2) is 15.0. The molecule has 114 valence electrons. The molecule has 0 aromatic rings. The number of rotatable bonds is 9. The molecule has 0 aliphatic carbocycles. The van der Waals surface area contributed by atoms with Crippen LogP contribution >= 0.6 is 0 Å². The van der Waals surface area contributed by atoms with Crippen LogP contribution in [0, 0.1) is 0 Å². The van der Waals surface area contributed by atoms with Gasteiger partial charge in [0, 0.05) is 19.9 Å². The average molecular weight is 275 g/mol. The summed E-state index contributed by atoms with van der Waals surface area (Å²) in [5, 5.41) is 19.6. The summed E-state index contributed by atoms with van der Waals surface area (Å²) in [6.07, 6.45) is 6.07. The summed E-state index contributed by atoms with van der Waals surface area (Å²) < 4.78 is 0. The van der Waals surface area contributed by atoms with Crippen molar-refractivity contribution in [3.63, 3.8) is 0 Å². The van der Waals surface area contributed by atoms with Crippen molar-refractivity contribution >= 4 is 11.9 Å². The van der Waals surface area contributed by atoms with Gasteiger partial charge in [0.25, 0.3) is 0 Å². The summed E-state index contributed by atoms with van der Waals surface area (Å²) in [5.74, 6) is -0.854. The lowest BCUT2D eigenvalue weighted by atomic mass is 10.1.